The Kier molecular flexibility index (Phi) is 4.71. The van der Waals surface area contributed by atoms with Crippen LogP contribution in [0.3, 0.4) is 0 Å². The first kappa shape index (κ1) is 16.8. The molecule has 7 nitrogen and oxygen atoms in total. The molecule has 4 rings (SSSR count). The lowest BCUT2D eigenvalue weighted by atomic mass is 10.2. The average molecular weight is 351 g/mol. The van der Waals surface area contributed by atoms with Gasteiger partial charge in [-0.25, -0.2) is 0 Å². The molecule has 0 aliphatic carbocycles. The third kappa shape index (κ3) is 3.62. The molecule has 3 heterocycles. The minimum atomic E-state index is 0.635. The van der Waals surface area contributed by atoms with E-state index in [2.05, 4.69) is 44.7 Å². The van der Waals surface area contributed by atoms with Crippen molar-refractivity contribution in [3.63, 3.8) is 0 Å². The van der Waals surface area contributed by atoms with Crippen LogP contribution in [0.25, 0.3) is 11.0 Å². The maximum absolute atomic E-state index is 4.70. The van der Waals surface area contributed by atoms with E-state index in [0.717, 1.165) is 35.6 Å². The van der Waals surface area contributed by atoms with Crippen molar-refractivity contribution in [2.75, 3.05) is 36.8 Å². The van der Waals surface area contributed by atoms with E-state index in [1.807, 2.05) is 25.4 Å². The Morgan fingerprint density at radius 3 is 2.81 bits per heavy atom. The molecule has 0 atom stereocenters. The lowest BCUT2D eigenvalue weighted by Gasteiger charge is -2.15. The molecule has 26 heavy (non-hydrogen) atoms. The lowest BCUT2D eigenvalue weighted by Crippen LogP contribution is -2.26. The number of anilines is 3. The molecule has 0 saturated carbocycles. The highest BCUT2D eigenvalue weighted by Gasteiger charge is 2.13. The van der Waals surface area contributed by atoms with Crippen molar-refractivity contribution in [1.82, 2.24) is 24.6 Å². The topological polar surface area (TPSA) is 70.9 Å². The van der Waals surface area contributed by atoms with Crippen molar-refractivity contribution in [2.45, 2.75) is 19.8 Å². The van der Waals surface area contributed by atoms with Gasteiger partial charge < -0.3 is 15.5 Å². The SMILES string of the molecule is Cc1cccc(Nc2nc(NCCN3CCCC3)nc3c2cnn3C)c1. The largest absolute Gasteiger partial charge is 0.353 e. The van der Waals surface area contributed by atoms with Crippen LogP contribution in [0, 0.1) is 6.92 Å². The highest BCUT2D eigenvalue weighted by molar-refractivity contribution is 5.89. The van der Waals surface area contributed by atoms with Gasteiger partial charge in [-0.05, 0) is 50.6 Å². The Labute approximate surface area is 153 Å². The van der Waals surface area contributed by atoms with Gasteiger partial charge in [0, 0.05) is 25.8 Å². The number of hydrogen-bond acceptors (Lipinski definition) is 6. The predicted molar refractivity (Wildman–Crippen MR) is 105 cm³/mol. The standard InChI is InChI=1S/C19H25N7/c1-14-6-5-7-15(12-14)22-17-16-13-21-25(2)18(16)24-19(23-17)20-8-11-26-9-3-4-10-26/h5-7,12-13H,3-4,8-11H2,1-2H3,(H2,20,22,23,24). The van der Waals surface area contributed by atoms with E-state index >= 15 is 0 Å². The Bertz CT molecular complexity index is 896. The molecule has 2 N–H and O–H groups in total. The number of rotatable bonds is 6. The van der Waals surface area contributed by atoms with Crippen LogP contribution in [-0.4, -0.2) is 50.8 Å². The van der Waals surface area contributed by atoms with E-state index in [-0.39, 0.29) is 0 Å². The Hall–Kier alpha value is -2.67. The van der Waals surface area contributed by atoms with Crippen LogP contribution in [0.1, 0.15) is 18.4 Å². The van der Waals surface area contributed by atoms with E-state index in [1.165, 1.54) is 31.5 Å². The van der Waals surface area contributed by atoms with Crippen molar-refractivity contribution < 1.29 is 0 Å². The van der Waals surface area contributed by atoms with Gasteiger partial charge in [0.05, 0.1) is 11.6 Å². The summed E-state index contributed by atoms with van der Waals surface area (Å²) >= 11 is 0. The zero-order valence-electron chi connectivity index (χ0n) is 15.4. The maximum Gasteiger partial charge on any atom is 0.226 e. The fourth-order valence-corrected chi connectivity index (χ4v) is 3.39. The molecular weight excluding hydrogens is 326 g/mol. The van der Waals surface area contributed by atoms with Crippen LogP contribution in [0.2, 0.25) is 0 Å². The second kappa shape index (κ2) is 7.29. The summed E-state index contributed by atoms with van der Waals surface area (Å²) in [5, 5.41) is 12.0. The highest BCUT2D eigenvalue weighted by Crippen LogP contribution is 2.25. The zero-order chi connectivity index (χ0) is 17.9. The summed E-state index contributed by atoms with van der Waals surface area (Å²) in [5.74, 6) is 1.41. The van der Waals surface area contributed by atoms with Crippen molar-refractivity contribution in [3.05, 3.63) is 36.0 Å². The molecule has 1 aliphatic rings. The van der Waals surface area contributed by atoms with E-state index in [0.29, 0.717) is 5.95 Å². The molecule has 136 valence electrons. The van der Waals surface area contributed by atoms with E-state index < -0.39 is 0 Å². The van der Waals surface area contributed by atoms with E-state index in [9.17, 15) is 0 Å². The van der Waals surface area contributed by atoms with Gasteiger partial charge >= 0.3 is 0 Å². The van der Waals surface area contributed by atoms with Gasteiger partial charge in [0.25, 0.3) is 0 Å². The molecule has 7 heteroatoms. The maximum atomic E-state index is 4.70. The van der Waals surface area contributed by atoms with Crippen molar-refractivity contribution >= 4 is 28.5 Å². The minimum Gasteiger partial charge on any atom is -0.353 e. The number of benzene rings is 1. The quantitative estimate of drug-likeness (QED) is 0.711. The van der Waals surface area contributed by atoms with Crippen LogP contribution in [0.4, 0.5) is 17.5 Å². The summed E-state index contributed by atoms with van der Waals surface area (Å²) < 4.78 is 1.78. The molecule has 0 spiro atoms. The number of hydrogen-bond donors (Lipinski definition) is 2. The van der Waals surface area contributed by atoms with Crippen LogP contribution in [0.15, 0.2) is 30.5 Å². The second-order valence-electron chi connectivity index (χ2n) is 6.87. The Morgan fingerprint density at radius 1 is 1.15 bits per heavy atom. The molecule has 1 aliphatic heterocycles. The molecule has 1 fully saturated rings. The predicted octanol–water partition coefficient (Wildman–Crippen LogP) is 2.92. The summed E-state index contributed by atoms with van der Waals surface area (Å²) in [7, 11) is 1.90. The van der Waals surface area contributed by atoms with E-state index in [4.69, 9.17) is 4.98 Å². The summed E-state index contributed by atoms with van der Waals surface area (Å²) in [5.41, 5.74) is 3.03. The van der Waals surface area contributed by atoms with Crippen LogP contribution in [0.5, 0.6) is 0 Å². The molecule has 0 radical (unpaired) electrons. The highest BCUT2D eigenvalue weighted by atomic mass is 15.3. The second-order valence-corrected chi connectivity index (χ2v) is 6.87. The van der Waals surface area contributed by atoms with Gasteiger partial charge in [0.1, 0.15) is 5.82 Å². The van der Waals surface area contributed by atoms with Crippen molar-refractivity contribution in [1.29, 1.82) is 0 Å². The zero-order valence-corrected chi connectivity index (χ0v) is 15.4. The number of likely N-dealkylation sites (tertiary alicyclic amines) is 1. The number of fused-ring (bicyclic) bond motifs is 1. The fraction of sp³-hybridized carbons (Fsp3) is 0.421. The molecule has 0 amide bonds. The van der Waals surface area contributed by atoms with Gasteiger partial charge in [0.15, 0.2) is 5.65 Å². The number of aryl methyl sites for hydroxylation is 2. The number of nitrogens with one attached hydrogen (secondary N) is 2. The molecule has 0 unspecified atom stereocenters. The summed E-state index contributed by atoms with van der Waals surface area (Å²) in [6.07, 6.45) is 4.42. The van der Waals surface area contributed by atoms with Gasteiger partial charge in [-0.1, -0.05) is 12.1 Å². The van der Waals surface area contributed by atoms with Crippen LogP contribution < -0.4 is 10.6 Å². The van der Waals surface area contributed by atoms with Crippen molar-refractivity contribution in [3.8, 4) is 0 Å². The monoisotopic (exact) mass is 351 g/mol. The number of aromatic nitrogens is 4. The van der Waals surface area contributed by atoms with Crippen LogP contribution in [-0.2, 0) is 7.05 Å². The van der Waals surface area contributed by atoms with Gasteiger partial charge in [-0.3, -0.25) is 4.68 Å². The minimum absolute atomic E-state index is 0.635. The summed E-state index contributed by atoms with van der Waals surface area (Å²) in [6, 6.07) is 8.26. The molecule has 0 bridgehead atoms. The third-order valence-electron chi connectivity index (χ3n) is 4.78. The summed E-state index contributed by atoms with van der Waals surface area (Å²) in [6.45, 7) is 6.34. The molecule has 1 saturated heterocycles. The fourth-order valence-electron chi connectivity index (χ4n) is 3.39. The van der Waals surface area contributed by atoms with Gasteiger partial charge in [-0.2, -0.15) is 15.1 Å². The molecule has 1 aromatic carbocycles. The molecule has 2 aromatic heterocycles. The normalized spacial score (nSPS) is 14.8. The molecule has 3 aromatic rings. The summed E-state index contributed by atoms with van der Waals surface area (Å²) in [4.78, 5) is 11.8. The third-order valence-corrected chi connectivity index (χ3v) is 4.78. The number of nitrogens with zero attached hydrogens (tertiary/aromatic N) is 5. The van der Waals surface area contributed by atoms with Gasteiger partial charge in [-0.15, -0.1) is 0 Å². The average Bonchev–Trinajstić information content (AvgIpc) is 3.26. The van der Waals surface area contributed by atoms with Crippen LogP contribution >= 0.6 is 0 Å². The Morgan fingerprint density at radius 2 is 2.00 bits per heavy atom. The first-order valence-electron chi connectivity index (χ1n) is 9.19. The van der Waals surface area contributed by atoms with Gasteiger partial charge in [0.2, 0.25) is 5.95 Å². The lowest BCUT2D eigenvalue weighted by molar-refractivity contribution is 0.352. The van der Waals surface area contributed by atoms with Crippen molar-refractivity contribution in [2.24, 2.45) is 7.05 Å². The smallest absolute Gasteiger partial charge is 0.226 e. The first-order valence-corrected chi connectivity index (χ1v) is 9.19. The Balaban J connectivity index is 1.56. The first-order chi connectivity index (χ1) is 12.7. The molecular formula is C19H25N7. The van der Waals surface area contributed by atoms with E-state index in [1.54, 1.807) is 4.68 Å².